The third-order valence-corrected chi connectivity index (χ3v) is 5.29. The van der Waals surface area contributed by atoms with E-state index in [4.69, 9.17) is 11.6 Å². The first-order valence-electron chi connectivity index (χ1n) is 10.3. The van der Waals surface area contributed by atoms with E-state index in [1.54, 1.807) is 6.07 Å². The van der Waals surface area contributed by atoms with Gasteiger partial charge in [-0.2, -0.15) is 0 Å². The van der Waals surface area contributed by atoms with Gasteiger partial charge >= 0.3 is 0 Å². The first-order chi connectivity index (χ1) is 14.2. The molecule has 6 heteroatoms. The number of amides is 2. The fourth-order valence-corrected chi connectivity index (χ4v) is 3.42. The molecule has 0 heterocycles. The molecule has 162 valence electrons. The maximum Gasteiger partial charge on any atom is 0.242 e. The highest BCUT2D eigenvalue weighted by Crippen LogP contribution is 2.22. The lowest BCUT2D eigenvalue weighted by molar-refractivity contribution is -0.141. The Kier molecular flexibility index (Phi) is 8.85. The second-order valence-electron chi connectivity index (χ2n) is 7.95. The maximum absolute atomic E-state index is 14.3. The zero-order valence-corrected chi connectivity index (χ0v) is 18.8. The molecule has 2 rings (SSSR count). The maximum atomic E-state index is 14.3. The number of hydrogen-bond acceptors (Lipinski definition) is 2. The minimum atomic E-state index is -0.650. The summed E-state index contributed by atoms with van der Waals surface area (Å²) >= 11 is 6.13. The summed E-state index contributed by atoms with van der Waals surface area (Å²) in [7, 11) is 0. The molecule has 0 saturated carbocycles. The van der Waals surface area contributed by atoms with Crippen molar-refractivity contribution in [2.24, 2.45) is 5.92 Å². The SMILES string of the molecule is CC[C@H](C(=O)NCC(C)C)N(Cc1ccc(C)cc1)C(=O)Cc1c(F)cccc1Cl. The van der Waals surface area contributed by atoms with Crippen molar-refractivity contribution in [1.29, 1.82) is 0 Å². The van der Waals surface area contributed by atoms with Gasteiger partial charge < -0.3 is 10.2 Å². The smallest absolute Gasteiger partial charge is 0.242 e. The van der Waals surface area contributed by atoms with Crippen LogP contribution in [0.5, 0.6) is 0 Å². The van der Waals surface area contributed by atoms with Crippen molar-refractivity contribution >= 4 is 23.4 Å². The molecule has 2 aromatic carbocycles. The van der Waals surface area contributed by atoms with Crippen LogP contribution in [0.3, 0.4) is 0 Å². The highest BCUT2D eigenvalue weighted by molar-refractivity contribution is 6.31. The molecule has 0 unspecified atom stereocenters. The van der Waals surface area contributed by atoms with Crippen molar-refractivity contribution < 1.29 is 14.0 Å². The lowest BCUT2D eigenvalue weighted by atomic mass is 10.1. The second-order valence-corrected chi connectivity index (χ2v) is 8.35. The molecule has 2 amide bonds. The Bertz CT molecular complexity index is 848. The third kappa shape index (κ3) is 6.56. The average Bonchev–Trinajstić information content (AvgIpc) is 2.70. The van der Waals surface area contributed by atoms with Gasteiger partial charge in [-0.1, -0.05) is 68.3 Å². The molecule has 0 aromatic heterocycles. The topological polar surface area (TPSA) is 49.4 Å². The van der Waals surface area contributed by atoms with Crippen LogP contribution in [-0.2, 0) is 22.6 Å². The van der Waals surface area contributed by atoms with Gasteiger partial charge in [0, 0.05) is 23.7 Å². The van der Waals surface area contributed by atoms with Crippen LogP contribution in [0, 0.1) is 18.7 Å². The Labute approximate surface area is 183 Å². The molecule has 1 N–H and O–H groups in total. The molecule has 0 radical (unpaired) electrons. The zero-order valence-electron chi connectivity index (χ0n) is 18.0. The summed E-state index contributed by atoms with van der Waals surface area (Å²) < 4.78 is 14.3. The second kappa shape index (κ2) is 11.1. The van der Waals surface area contributed by atoms with Crippen LogP contribution < -0.4 is 5.32 Å². The monoisotopic (exact) mass is 432 g/mol. The van der Waals surface area contributed by atoms with Gasteiger partial charge in [0.25, 0.3) is 0 Å². The Balaban J connectivity index is 2.32. The Morgan fingerprint density at radius 3 is 2.37 bits per heavy atom. The predicted octanol–water partition coefficient (Wildman–Crippen LogP) is 4.91. The molecule has 4 nitrogen and oxygen atoms in total. The number of carbonyl (C=O) groups is 2. The van der Waals surface area contributed by atoms with Crippen LogP contribution in [0.1, 0.15) is 43.9 Å². The number of nitrogens with zero attached hydrogens (tertiary/aromatic N) is 1. The minimum Gasteiger partial charge on any atom is -0.354 e. The van der Waals surface area contributed by atoms with Gasteiger partial charge in [-0.15, -0.1) is 0 Å². The molecular formula is C24H30ClFN2O2. The summed E-state index contributed by atoms with van der Waals surface area (Å²) in [5, 5.41) is 3.12. The minimum absolute atomic E-state index is 0.149. The molecule has 0 fully saturated rings. The third-order valence-electron chi connectivity index (χ3n) is 4.93. The Morgan fingerprint density at radius 2 is 1.80 bits per heavy atom. The van der Waals surface area contributed by atoms with E-state index in [0.29, 0.717) is 18.9 Å². The summed E-state index contributed by atoms with van der Waals surface area (Å²) in [4.78, 5) is 27.6. The summed E-state index contributed by atoms with van der Waals surface area (Å²) in [6.07, 6.45) is 0.248. The van der Waals surface area contributed by atoms with Crippen LogP contribution in [0.2, 0.25) is 5.02 Å². The van der Waals surface area contributed by atoms with Crippen molar-refractivity contribution in [3.8, 4) is 0 Å². The fraction of sp³-hybridized carbons (Fsp3) is 0.417. The standard InChI is InChI=1S/C24H30ClFN2O2/c1-5-22(24(30)27-14-16(2)3)28(15-18-11-9-17(4)10-12-18)23(29)13-19-20(25)7-6-8-21(19)26/h6-12,16,22H,5,13-15H2,1-4H3,(H,27,30)/t22-/m1/s1. The van der Waals surface area contributed by atoms with Crippen molar-refractivity contribution in [3.63, 3.8) is 0 Å². The molecule has 30 heavy (non-hydrogen) atoms. The lowest BCUT2D eigenvalue weighted by Crippen LogP contribution is -2.50. The van der Waals surface area contributed by atoms with Crippen LogP contribution in [0.15, 0.2) is 42.5 Å². The predicted molar refractivity (Wildman–Crippen MR) is 119 cm³/mol. The Morgan fingerprint density at radius 1 is 1.13 bits per heavy atom. The molecule has 0 aliphatic carbocycles. The van der Waals surface area contributed by atoms with E-state index in [0.717, 1.165) is 11.1 Å². The number of halogens is 2. The van der Waals surface area contributed by atoms with E-state index in [1.807, 2.05) is 52.0 Å². The van der Waals surface area contributed by atoms with Gasteiger partial charge in [0.05, 0.1) is 6.42 Å². The fourth-order valence-electron chi connectivity index (χ4n) is 3.19. The lowest BCUT2D eigenvalue weighted by Gasteiger charge is -2.31. The molecule has 1 atom stereocenters. The number of nitrogens with one attached hydrogen (secondary N) is 1. The van der Waals surface area contributed by atoms with E-state index in [2.05, 4.69) is 5.32 Å². The number of aryl methyl sites for hydroxylation is 1. The molecule has 0 spiro atoms. The first kappa shape index (κ1) is 23.9. The zero-order chi connectivity index (χ0) is 22.3. The number of rotatable bonds is 9. The van der Waals surface area contributed by atoms with Crippen LogP contribution in [0.4, 0.5) is 4.39 Å². The number of benzene rings is 2. The van der Waals surface area contributed by atoms with Crippen molar-refractivity contribution in [3.05, 3.63) is 70.0 Å². The summed E-state index contributed by atoms with van der Waals surface area (Å²) in [5.41, 5.74) is 2.16. The van der Waals surface area contributed by atoms with Crippen molar-refractivity contribution in [1.82, 2.24) is 10.2 Å². The van der Waals surface area contributed by atoms with Crippen molar-refractivity contribution in [2.75, 3.05) is 6.54 Å². The highest BCUT2D eigenvalue weighted by Gasteiger charge is 2.29. The molecular weight excluding hydrogens is 403 g/mol. The Hall–Kier alpha value is -2.40. The van der Waals surface area contributed by atoms with E-state index in [1.165, 1.54) is 17.0 Å². The van der Waals surface area contributed by atoms with Crippen molar-refractivity contribution in [2.45, 2.75) is 53.1 Å². The largest absolute Gasteiger partial charge is 0.354 e. The van der Waals surface area contributed by atoms with E-state index in [9.17, 15) is 14.0 Å². The molecule has 0 saturated heterocycles. The van der Waals surface area contributed by atoms with E-state index < -0.39 is 11.9 Å². The quantitative estimate of drug-likeness (QED) is 0.612. The van der Waals surface area contributed by atoms with E-state index >= 15 is 0 Å². The van der Waals surface area contributed by atoms with Crippen LogP contribution in [0.25, 0.3) is 0 Å². The van der Waals surface area contributed by atoms with Crippen LogP contribution in [-0.4, -0.2) is 29.3 Å². The summed E-state index contributed by atoms with van der Waals surface area (Å²) in [6, 6.07) is 11.5. The molecule has 2 aromatic rings. The van der Waals surface area contributed by atoms with Gasteiger partial charge in [0.1, 0.15) is 11.9 Å². The van der Waals surface area contributed by atoms with Gasteiger partial charge in [0.2, 0.25) is 11.8 Å². The molecule has 0 bridgehead atoms. The average molecular weight is 433 g/mol. The van der Waals surface area contributed by atoms with Crippen LogP contribution >= 0.6 is 11.6 Å². The van der Waals surface area contributed by atoms with Gasteiger partial charge in [-0.05, 0) is 37.0 Å². The van der Waals surface area contributed by atoms with Gasteiger partial charge in [-0.3, -0.25) is 9.59 Å². The molecule has 0 aliphatic heterocycles. The summed E-state index contributed by atoms with van der Waals surface area (Å²) in [5.74, 6) is -0.770. The molecule has 0 aliphatic rings. The number of carbonyl (C=O) groups excluding carboxylic acids is 2. The van der Waals surface area contributed by atoms with E-state index in [-0.39, 0.29) is 35.4 Å². The normalized spacial score (nSPS) is 12.0. The highest BCUT2D eigenvalue weighted by atomic mass is 35.5. The number of hydrogen-bond donors (Lipinski definition) is 1. The van der Waals surface area contributed by atoms with Gasteiger partial charge in [0.15, 0.2) is 0 Å². The first-order valence-corrected chi connectivity index (χ1v) is 10.7. The van der Waals surface area contributed by atoms with Gasteiger partial charge in [-0.25, -0.2) is 4.39 Å². The summed E-state index contributed by atoms with van der Waals surface area (Å²) in [6.45, 7) is 8.67.